The molecule has 0 aliphatic carbocycles. The normalized spacial score (nSPS) is 10.8. The van der Waals surface area contributed by atoms with Crippen LogP contribution >= 0.6 is 0 Å². The van der Waals surface area contributed by atoms with Crippen molar-refractivity contribution in [1.82, 2.24) is 5.32 Å². The molecule has 2 N–H and O–H groups in total. The van der Waals surface area contributed by atoms with E-state index in [9.17, 15) is 14.4 Å². The molecule has 0 aliphatic rings. The highest BCUT2D eigenvalue weighted by molar-refractivity contribution is 5.95. The largest absolute Gasteiger partial charge is 0.459 e. The van der Waals surface area contributed by atoms with E-state index in [2.05, 4.69) is 38.3 Å². The van der Waals surface area contributed by atoms with Crippen molar-refractivity contribution in [2.75, 3.05) is 18.5 Å². The van der Waals surface area contributed by atoms with Gasteiger partial charge in [-0.25, -0.2) is 0 Å². The van der Waals surface area contributed by atoms with E-state index in [-0.39, 0.29) is 24.1 Å². The van der Waals surface area contributed by atoms with Crippen molar-refractivity contribution >= 4 is 23.5 Å². The molecule has 0 bridgehead atoms. The third kappa shape index (κ3) is 5.70. The van der Waals surface area contributed by atoms with E-state index in [1.807, 2.05) is 18.2 Å². The molecular weight excluding hydrogens is 360 g/mol. The van der Waals surface area contributed by atoms with Gasteiger partial charge in [0.1, 0.15) is 6.54 Å². The third-order valence-electron chi connectivity index (χ3n) is 4.14. The lowest BCUT2D eigenvalue weighted by atomic mass is 9.92. The van der Waals surface area contributed by atoms with Gasteiger partial charge in [-0.3, -0.25) is 14.4 Å². The molecule has 1 aromatic carbocycles. The van der Waals surface area contributed by atoms with E-state index in [0.29, 0.717) is 0 Å². The molecule has 0 saturated heterocycles. The van der Waals surface area contributed by atoms with E-state index in [1.165, 1.54) is 12.3 Å². The van der Waals surface area contributed by atoms with Crippen LogP contribution in [0.2, 0.25) is 0 Å². The van der Waals surface area contributed by atoms with Gasteiger partial charge in [0.25, 0.3) is 11.8 Å². The quantitative estimate of drug-likeness (QED) is 0.677. The maximum absolute atomic E-state index is 12.3. The van der Waals surface area contributed by atoms with Gasteiger partial charge in [-0.05, 0) is 35.1 Å². The Labute approximate surface area is 164 Å². The van der Waals surface area contributed by atoms with E-state index in [0.717, 1.165) is 16.8 Å². The summed E-state index contributed by atoms with van der Waals surface area (Å²) in [6.07, 6.45) is 1.36. The second kappa shape index (κ2) is 9.73. The Morgan fingerprint density at radius 3 is 2.18 bits per heavy atom. The Hall–Kier alpha value is -3.09. The van der Waals surface area contributed by atoms with Gasteiger partial charge in [0.2, 0.25) is 0 Å². The minimum Gasteiger partial charge on any atom is -0.459 e. The molecular formula is C21H26N2O5. The van der Waals surface area contributed by atoms with E-state index in [4.69, 9.17) is 9.15 Å². The topological polar surface area (TPSA) is 97.6 Å². The number of esters is 1. The van der Waals surface area contributed by atoms with Crippen LogP contribution in [0.1, 0.15) is 61.2 Å². The summed E-state index contributed by atoms with van der Waals surface area (Å²) in [5, 5.41) is 5.23. The second-order valence-corrected chi connectivity index (χ2v) is 6.99. The molecule has 150 valence electrons. The molecule has 0 atom stereocenters. The van der Waals surface area contributed by atoms with Crippen LogP contribution in [-0.4, -0.2) is 30.9 Å². The van der Waals surface area contributed by atoms with Gasteiger partial charge in [-0.1, -0.05) is 45.9 Å². The smallest absolute Gasteiger partial charge is 0.325 e. The van der Waals surface area contributed by atoms with Gasteiger partial charge in [-0.15, -0.1) is 0 Å². The van der Waals surface area contributed by atoms with Crippen molar-refractivity contribution in [2.24, 2.45) is 0 Å². The number of nitrogens with one attached hydrogen (secondary N) is 2. The summed E-state index contributed by atoms with van der Waals surface area (Å²) in [5.41, 5.74) is 2.81. The van der Waals surface area contributed by atoms with Crippen LogP contribution in [0.4, 0.5) is 5.69 Å². The molecule has 0 saturated carbocycles. The van der Waals surface area contributed by atoms with Crippen LogP contribution in [-0.2, 0) is 14.3 Å². The van der Waals surface area contributed by atoms with Crippen molar-refractivity contribution in [2.45, 2.75) is 39.5 Å². The van der Waals surface area contributed by atoms with Gasteiger partial charge < -0.3 is 19.8 Å². The van der Waals surface area contributed by atoms with Crippen molar-refractivity contribution in [1.29, 1.82) is 0 Å². The number of ether oxygens (including phenoxy) is 1. The molecule has 2 aromatic rings. The lowest BCUT2D eigenvalue weighted by Crippen LogP contribution is -2.32. The molecule has 2 amide bonds. The fraction of sp³-hybridized carbons (Fsp3) is 0.381. The third-order valence-corrected chi connectivity index (χ3v) is 4.14. The first-order valence-corrected chi connectivity index (χ1v) is 9.19. The first-order valence-electron chi connectivity index (χ1n) is 9.19. The molecule has 28 heavy (non-hydrogen) atoms. The number of hydrogen-bond donors (Lipinski definition) is 2. The first-order chi connectivity index (χ1) is 13.3. The lowest BCUT2D eigenvalue weighted by Gasteiger charge is -2.20. The maximum atomic E-state index is 12.3. The summed E-state index contributed by atoms with van der Waals surface area (Å²) < 4.78 is 9.87. The number of furan rings is 1. The SMILES string of the molecule is CC(C)c1cccc(C(C)C)c1NC(=O)COC(=O)CNC(=O)c1ccco1. The highest BCUT2D eigenvalue weighted by Crippen LogP contribution is 2.32. The molecule has 7 heteroatoms. The van der Waals surface area contributed by atoms with Crippen LogP contribution in [0.15, 0.2) is 41.0 Å². The Morgan fingerprint density at radius 2 is 1.64 bits per heavy atom. The standard InChI is InChI=1S/C21H26N2O5/c1-13(2)15-7-5-8-16(14(3)4)20(15)23-18(24)12-28-19(25)11-22-21(26)17-9-6-10-27-17/h5-10,13-14H,11-12H2,1-4H3,(H,22,26)(H,23,24). The number of carbonyl (C=O) groups excluding carboxylic acids is 3. The molecule has 7 nitrogen and oxygen atoms in total. The van der Waals surface area contributed by atoms with Gasteiger partial charge >= 0.3 is 5.97 Å². The molecule has 1 heterocycles. The number of para-hydroxylation sites is 1. The minimum absolute atomic E-state index is 0.0945. The van der Waals surface area contributed by atoms with Gasteiger partial charge in [0, 0.05) is 5.69 Å². The van der Waals surface area contributed by atoms with Crippen molar-refractivity contribution in [3.63, 3.8) is 0 Å². The molecule has 0 radical (unpaired) electrons. The van der Waals surface area contributed by atoms with Crippen LogP contribution in [0.25, 0.3) is 0 Å². The molecule has 2 rings (SSSR count). The highest BCUT2D eigenvalue weighted by Gasteiger charge is 2.17. The van der Waals surface area contributed by atoms with Crippen LogP contribution in [0, 0.1) is 0 Å². The predicted octanol–water partition coefficient (Wildman–Crippen LogP) is 3.44. The Kier molecular flexibility index (Phi) is 7.37. The van der Waals surface area contributed by atoms with Gasteiger partial charge in [0.05, 0.1) is 6.26 Å². The number of anilines is 1. The van der Waals surface area contributed by atoms with Crippen LogP contribution < -0.4 is 10.6 Å². The fourth-order valence-electron chi connectivity index (χ4n) is 2.72. The molecule has 0 unspecified atom stereocenters. The first kappa shape index (κ1) is 21.2. The lowest BCUT2D eigenvalue weighted by molar-refractivity contribution is -0.146. The average molecular weight is 386 g/mol. The zero-order valence-corrected chi connectivity index (χ0v) is 16.6. The fourth-order valence-corrected chi connectivity index (χ4v) is 2.72. The number of benzene rings is 1. The molecule has 0 fully saturated rings. The summed E-state index contributed by atoms with van der Waals surface area (Å²) in [5.74, 6) is -1.12. The Bertz CT molecular complexity index is 799. The minimum atomic E-state index is -0.712. The number of amides is 2. The number of hydrogen-bond acceptors (Lipinski definition) is 5. The molecule has 1 aromatic heterocycles. The van der Waals surface area contributed by atoms with Crippen LogP contribution in [0.5, 0.6) is 0 Å². The molecule has 0 spiro atoms. The molecule has 0 aliphatic heterocycles. The summed E-state index contributed by atoms with van der Waals surface area (Å²) in [7, 11) is 0. The summed E-state index contributed by atoms with van der Waals surface area (Å²) in [6, 6.07) is 8.97. The Morgan fingerprint density at radius 1 is 1.00 bits per heavy atom. The monoisotopic (exact) mass is 386 g/mol. The van der Waals surface area contributed by atoms with Gasteiger partial charge in [-0.2, -0.15) is 0 Å². The van der Waals surface area contributed by atoms with Crippen molar-refractivity contribution in [3.8, 4) is 0 Å². The predicted molar refractivity (Wildman–Crippen MR) is 105 cm³/mol. The Balaban J connectivity index is 1.90. The second-order valence-electron chi connectivity index (χ2n) is 6.99. The maximum Gasteiger partial charge on any atom is 0.325 e. The summed E-state index contributed by atoms with van der Waals surface area (Å²) >= 11 is 0. The average Bonchev–Trinajstić information content (AvgIpc) is 3.19. The summed E-state index contributed by atoms with van der Waals surface area (Å²) in [6.45, 7) is 7.42. The van der Waals surface area contributed by atoms with E-state index in [1.54, 1.807) is 6.07 Å². The number of carbonyl (C=O) groups is 3. The van der Waals surface area contributed by atoms with Crippen molar-refractivity contribution in [3.05, 3.63) is 53.5 Å². The van der Waals surface area contributed by atoms with Crippen molar-refractivity contribution < 1.29 is 23.5 Å². The van der Waals surface area contributed by atoms with E-state index >= 15 is 0 Å². The highest BCUT2D eigenvalue weighted by atomic mass is 16.5. The summed E-state index contributed by atoms with van der Waals surface area (Å²) in [4.78, 5) is 35.8. The zero-order valence-electron chi connectivity index (χ0n) is 16.6. The zero-order chi connectivity index (χ0) is 20.7. The van der Waals surface area contributed by atoms with Crippen LogP contribution in [0.3, 0.4) is 0 Å². The van der Waals surface area contributed by atoms with Gasteiger partial charge in [0.15, 0.2) is 12.4 Å². The van der Waals surface area contributed by atoms with E-state index < -0.39 is 24.4 Å². The number of rotatable bonds is 8.